The van der Waals surface area contributed by atoms with E-state index in [0.717, 1.165) is 0 Å². The van der Waals surface area contributed by atoms with Crippen LogP contribution in [0.25, 0.3) is 0 Å². The van der Waals surface area contributed by atoms with Crippen LogP contribution in [0, 0.1) is 0 Å². The Kier molecular flexibility index (Phi) is 13.9. The first-order valence-corrected chi connectivity index (χ1v) is 4.49. The molecule has 0 radical (unpaired) electrons. The Hall–Kier alpha value is 0.842. The second kappa shape index (κ2) is 7.27. The van der Waals surface area contributed by atoms with Crippen molar-refractivity contribution in [3.63, 3.8) is 0 Å². The molecule has 0 aliphatic rings. The topological polar surface area (TPSA) is 200 Å². The van der Waals surface area contributed by atoms with Gasteiger partial charge >= 0.3 is 20.4 Å². The standard InChI is InChI=1S/2H3N.H4O7P2.Pd/c;;1-8(2,3)7-9(4,5)6;/h2*1H3;(H2,1,2,3)(H2,4,5,6);/q;;;+2/p-2. The van der Waals surface area contributed by atoms with Gasteiger partial charge in [0.1, 0.15) is 0 Å². The molecule has 0 fully saturated rings. The van der Waals surface area contributed by atoms with Crippen LogP contribution in [-0.2, 0) is 33.9 Å². The van der Waals surface area contributed by atoms with Gasteiger partial charge < -0.3 is 31.9 Å². The fraction of sp³-hybridized carbons (Fsp3) is 0. The van der Waals surface area contributed by atoms with Crippen molar-refractivity contribution < 1.29 is 53.4 Å². The second-order valence-electron chi connectivity index (χ2n) is 1.02. The summed E-state index contributed by atoms with van der Waals surface area (Å²) < 4.78 is 21.7. The van der Waals surface area contributed by atoms with Gasteiger partial charge in [-0.3, -0.25) is 9.13 Å². The fourth-order valence-corrected chi connectivity index (χ4v) is 1.17. The van der Waals surface area contributed by atoms with Gasteiger partial charge in [0, 0.05) is 0 Å². The van der Waals surface area contributed by atoms with Crippen molar-refractivity contribution in [2.24, 2.45) is 0 Å². The molecule has 0 aromatic carbocycles. The van der Waals surface area contributed by atoms with Gasteiger partial charge in [-0.05, 0) is 0 Å². The summed E-state index contributed by atoms with van der Waals surface area (Å²) in [6, 6.07) is 0. The van der Waals surface area contributed by atoms with Crippen LogP contribution in [0.15, 0.2) is 0 Å². The Bertz CT molecular complexity index is 160. The van der Waals surface area contributed by atoms with Gasteiger partial charge in [-0.2, -0.15) is 0 Å². The molecule has 0 amide bonds. The smallest absolute Gasteiger partial charge is 0.756 e. The van der Waals surface area contributed by atoms with Crippen LogP contribution in [-0.4, -0.2) is 9.79 Å². The fourth-order valence-electron chi connectivity index (χ4n) is 0.130. The molecule has 0 aliphatic heterocycles. The number of rotatable bonds is 2. The molecule has 2 unspecified atom stereocenters. The summed E-state index contributed by atoms with van der Waals surface area (Å²) in [5.74, 6) is 0. The maximum atomic E-state index is 9.48. The van der Waals surface area contributed by atoms with E-state index in [2.05, 4.69) is 4.31 Å². The van der Waals surface area contributed by atoms with Crippen LogP contribution in [0.4, 0.5) is 0 Å². The molecular weight excluding hydrogens is 308 g/mol. The molecular formula is H8N2O7P2Pd. The summed E-state index contributed by atoms with van der Waals surface area (Å²) in [7, 11) is -10.7. The van der Waals surface area contributed by atoms with Crippen molar-refractivity contribution in [3.8, 4) is 0 Å². The molecule has 0 aliphatic carbocycles. The van der Waals surface area contributed by atoms with E-state index in [1.54, 1.807) is 0 Å². The van der Waals surface area contributed by atoms with Gasteiger partial charge in [0.2, 0.25) is 0 Å². The van der Waals surface area contributed by atoms with E-state index in [-0.39, 0.29) is 32.7 Å². The van der Waals surface area contributed by atoms with E-state index < -0.39 is 15.6 Å². The monoisotopic (exact) mass is 316 g/mol. The van der Waals surface area contributed by atoms with Crippen LogP contribution in [0.1, 0.15) is 0 Å². The Balaban J connectivity index is -0.000000107. The molecule has 9 nitrogen and oxygen atoms in total. The van der Waals surface area contributed by atoms with Crippen LogP contribution in [0.2, 0.25) is 0 Å². The Morgan fingerprint density at radius 3 is 1.17 bits per heavy atom. The molecule has 0 spiro atoms. The summed E-state index contributed by atoms with van der Waals surface area (Å²) in [4.78, 5) is 34.1. The quantitative estimate of drug-likeness (QED) is 0.336. The van der Waals surface area contributed by atoms with Crippen LogP contribution in [0.3, 0.4) is 0 Å². The number of phosphoric acid groups is 2. The van der Waals surface area contributed by atoms with Crippen LogP contribution < -0.4 is 22.1 Å². The van der Waals surface area contributed by atoms with Crippen LogP contribution >= 0.6 is 15.6 Å². The molecule has 0 saturated carbocycles. The Morgan fingerprint density at radius 2 is 1.17 bits per heavy atom. The summed E-state index contributed by atoms with van der Waals surface area (Å²) in [5, 5.41) is 0. The maximum absolute atomic E-state index is 9.48. The third-order valence-corrected chi connectivity index (χ3v) is 1.86. The number of hydrogen-bond donors (Lipinski definition) is 4. The molecule has 2 atom stereocenters. The van der Waals surface area contributed by atoms with Gasteiger partial charge in [-0.25, -0.2) is 4.31 Å². The average Bonchev–Trinajstić information content (AvgIpc) is 1.14. The van der Waals surface area contributed by atoms with Crippen LogP contribution in [0.5, 0.6) is 0 Å². The summed E-state index contributed by atoms with van der Waals surface area (Å²) in [5.41, 5.74) is 0. The van der Waals surface area contributed by atoms with Gasteiger partial charge in [0.15, 0.2) is 0 Å². The van der Waals surface area contributed by atoms with Gasteiger partial charge in [0.05, 0.1) is 0 Å². The molecule has 0 bridgehead atoms. The minimum Gasteiger partial charge on any atom is -0.756 e. The third-order valence-electron chi connectivity index (χ3n) is 0.206. The minimum atomic E-state index is -5.36. The van der Waals surface area contributed by atoms with Gasteiger partial charge in [0.25, 0.3) is 15.6 Å². The molecule has 8 N–H and O–H groups in total. The van der Waals surface area contributed by atoms with Gasteiger partial charge in [-0.15, -0.1) is 0 Å². The molecule has 80 valence electrons. The predicted octanol–water partition coefficient (Wildman–Crippen LogP) is -1.75. The van der Waals surface area contributed by atoms with Crippen molar-refractivity contribution in [3.05, 3.63) is 0 Å². The minimum absolute atomic E-state index is 0. The van der Waals surface area contributed by atoms with E-state index in [0.29, 0.717) is 0 Å². The van der Waals surface area contributed by atoms with Crippen molar-refractivity contribution >= 4 is 15.6 Å². The molecule has 0 saturated heterocycles. The Labute approximate surface area is 81.8 Å². The van der Waals surface area contributed by atoms with Crippen molar-refractivity contribution in [1.29, 1.82) is 0 Å². The van der Waals surface area contributed by atoms with E-state index in [9.17, 15) is 18.9 Å². The van der Waals surface area contributed by atoms with Crippen molar-refractivity contribution in [1.82, 2.24) is 12.3 Å². The zero-order valence-corrected chi connectivity index (χ0v) is 8.90. The van der Waals surface area contributed by atoms with Crippen molar-refractivity contribution in [2.45, 2.75) is 0 Å². The number of hydrogen-bond acceptors (Lipinski definition) is 7. The summed E-state index contributed by atoms with van der Waals surface area (Å²) >= 11 is 0. The molecule has 0 heterocycles. The SMILES string of the molecule is N.N.O=P([O-])(O)OP(=O)([O-])O.[Pd+2]. The van der Waals surface area contributed by atoms with E-state index in [4.69, 9.17) is 9.79 Å². The van der Waals surface area contributed by atoms with Crippen molar-refractivity contribution in [2.75, 3.05) is 0 Å². The third kappa shape index (κ3) is 22.4. The van der Waals surface area contributed by atoms with E-state index >= 15 is 0 Å². The summed E-state index contributed by atoms with van der Waals surface area (Å²) in [6.45, 7) is 0. The van der Waals surface area contributed by atoms with E-state index in [1.807, 2.05) is 0 Å². The Morgan fingerprint density at radius 1 is 1.00 bits per heavy atom. The predicted molar refractivity (Wildman–Crippen MR) is 30.8 cm³/mol. The largest absolute Gasteiger partial charge is 2.00 e. The normalized spacial score (nSPS) is 18.3. The maximum Gasteiger partial charge on any atom is 2.00 e. The first-order chi connectivity index (χ1) is 3.71. The molecule has 12 heavy (non-hydrogen) atoms. The summed E-state index contributed by atoms with van der Waals surface area (Å²) in [6.07, 6.45) is 0. The zero-order chi connectivity index (χ0) is 7.71. The zero-order valence-electron chi connectivity index (χ0n) is 5.56. The second-order valence-corrected chi connectivity index (χ2v) is 3.55. The molecule has 12 heteroatoms. The molecule has 0 aromatic heterocycles. The molecule has 0 aromatic rings. The van der Waals surface area contributed by atoms with Gasteiger partial charge in [-0.1, -0.05) is 0 Å². The van der Waals surface area contributed by atoms with E-state index in [1.165, 1.54) is 0 Å². The average molecular weight is 316 g/mol. The first kappa shape index (κ1) is 23.0. The molecule has 0 rings (SSSR count). The first-order valence-electron chi connectivity index (χ1n) is 1.50.